The summed E-state index contributed by atoms with van der Waals surface area (Å²) in [5, 5.41) is 5.58. The summed E-state index contributed by atoms with van der Waals surface area (Å²) in [5.41, 5.74) is 2.37. The number of halogens is 1. The first-order valence-corrected chi connectivity index (χ1v) is 6.73. The van der Waals surface area contributed by atoms with Gasteiger partial charge >= 0.3 is 0 Å². The fourth-order valence-electron chi connectivity index (χ4n) is 2.40. The van der Waals surface area contributed by atoms with E-state index in [0.29, 0.717) is 21.9 Å². The molecule has 102 valence electrons. The van der Waals surface area contributed by atoms with E-state index in [-0.39, 0.29) is 5.56 Å². The number of hydrogen-bond donors (Lipinski definition) is 1. The predicted octanol–water partition coefficient (Wildman–Crippen LogP) is 2.87. The molecule has 0 radical (unpaired) electrons. The molecule has 5 nitrogen and oxygen atoms in total. The van der Waals surface area contributed by atoms with Gasteiger partial charge in [0.05, 0.1) is 16.8 Å². The van der Waals surface area contributed by atoms with Crippen molar-refractivity contribution in [3.05, 3.63) is 64.3 Å². The normalized spacial score (nSPS) is 11.3. The van der Waals surface area contributed by atoms with Gasteiger partial charge in [-0.25, -0.2) is 4.98 Å². The third-order valence-corrected chi connectivity index (χ3v) is 3.69. The Labute approximate surface area is 124 Å². The fourth-order valence-corrected chi connectivity index (χ4v) is 2.62. The molecule has 4 rings (SSSR count). The van der Waals surface area contributed by atoms with Crippen LogP contribution in [0.1, 0.15) is 0 Å². The van der Waals surface area contributed by atoms with Crippen molar-refractivity contribution in [2.24, 2.45) is 0 Å². The van der Waals surface area contributed by atoms with Crippen LogP contribution in [-0.2, 0) is 0 Å². The standard InChI is InChI=1S/C15H9ClN4O/c16-14-13-10(6-7-17-14)12-11(8-18-13)15(21)20(19-12)9-4-2-1-3-5-9/h1-8,18H. The van der Waals surface area contributed by atoms with Gasteiger partial charge in [0.1, 0.15) is 5.69 Å². The lowest BCUT2D eigenvalue weighted by atomic mass is 10.1. The molecular weight excluding hydrogens is 288 g/mol. The van der Waals surface area contributed by atoms with E-state index in [1.54, 1.807) is 18.5 Å². The number of aromatic nitrogens is 4. The van der Waals surface area contributed by atoms with Gasteiger partial charge in [-0.2, -0.15) is 9.78 Å². The van der Waals surface area contributed by atoms with Gasteiger partial charge in [-0.3, -0.25) is 4.79 Å². The van der Waals surface area contributed by atoms with E-state index >= 15 is 0 Å². The molecule has 2 aliphatic rings. The minimum atomic E-state index is -0.165. The molecule has 1 aromatic carbocycles. The van der Waals surface area contributed by atoms with Crippen LogP contribution in [0.15, 0.2) is 53.6 Å². The Morgan fingerprint density at radius 1 is 1.14 bits per heavy atom. The van der Waals surface area contributed by atoms with Gasteiger partial charge in [-0.15, -0.1) is 0 Å². The summed E-state index contributed by atoms with van der Waals surface area (Å²) >= 11 is 6.07. The Bertz CT molecular complexity index is 974. The molecule has 21 heavy (non-hydrogen) atoms. The summed E-state index contributed by atoms with van der Waals surface area (Å²) in [6.07, 6.45) is 3.23. The molecule has 3 heterocycles. The minimum Gasteiger partial charge on any atom is -0.358 e. The van der Waals surface area contributed by atoms with Crippen LogP contribution in [0.4, 0.5) is 0 Å². The van der Waals surface area contributed by atoms with Gasteiger partial charge < -0.3 is 4.98 Å². The van der Waals surface area contributed by atoms with Crippen molar-refractivity contribution < 1.29 is 0 Å². The molecule has 1 aromatic heterocycles. The Kier molecular flexibility index (Phi) is 2.55. The van der Waals surface area contributed by atoms with Crippen LogP contribution in [0, 0.1) is 0 Å². The zero-order valence-corrected chi connectivity index (χ0v) is 11.5. The number of pyridine rings is 2. The van der Waals surface area contributed by atoms with E-state index < -0.39 is 0 Å². The van der Waals surface area contributed by atoms with E-state index in [2.05, 4.69) is 15.1 Å². The van der Waals surface area contributed by atoms with Crippen LogP contribution in [0.25, 0.3) is 27.8 Å². The van der Waals surface area contributed by atoms with Crippen LogP contribution >= 0.6 is 11.6 Å². The molecule has 0 unspecified atom stereocenters. The maximum absolute atomic E-state index is 12.5. The number of fused-ring (bicyclic) bond motifs is 3. The number of benzene rings is 1. The summed E-state index contributed by atoms with van der Waals surface area (Å²) in [6, 6.07) is 11.1. The Morgan fingerprint density at radius 2 is 1.95 bits per heavy atom. The fraction of sp³-hybridized carbons (Fsp3) is 0. The molecule has 0 aliphatic carbocycles. The van der Waals surface area contributed by atoms with Crippen molar-refractivity contribution in [1.29, 1.82) is 0 Å². The summed E-state index contributed by atoms with van der Waals surface area (Å²) in [4.78, 5) is 19.5. The number of nitrogens with zero attached hydrogens (tertiary/aromatic N) is 3. The van der Waals surface area contributed by atoms with Crippen LogP contribution in [-0.4, -0.2) is 19.7 Å². The highest BCUT2D eigenvalue weighted by atomic mass is 35.5. The number of para-hydroxylation sites is 1. The van der Waals surface area contributed by atoms with Crippen molar-refractivity contribution in [2.75, 3.05) is 0 Å². The lowest BCUT2D eigenvalue weighted by molar-refractivity contribution is 0.859. The second-order valence-electron chi connectivity index (χ2n) is 4.63. The maximum Gasteiger partial charge on any atom is 0.282 e. The molecule has 2 aliphatic heterocycles. The van der Waals surface area contributed by atoms with Crippen LogP contribution in [0.2, 0.25) is 5.15 Å². The number of nitrogens with one attached hydrogen (secondary N) is 1. The van der Waals surface area contributed by atoms with E-state index in [1.165, 1.54) is 4.68 Å². The summed E-state index contributed by atoms with van der Waals surface area (Å²) in [7, 11) is 0. The lowest BCUT2D eigenvalue weighted by Crippen LogP contribution is -2.14. The first-order valence-electron chi connectivity index (χ1n) is 6.36. The first kappa shape index (κ1) is 12.1. The van der Waals surface area contributed by atoms with E-state index in [1.807, 2.05) is 30.3 Å². The Balaban J connectivity index is 2.11. The molecular formula is C15H9ClN4O. The molecule has 0 spiro atoms. The zero-order valence-electron chi connectivity index (χ0n) is 10.7. The predicted molar refractivity (Wildman–Crippen MR) is 81.1 cm³/mol. The molecule has 1 N–H and O–H groups in total. The van der Waals surface area contributed by atoms with Gasteiger partial charge in [0.2, 0.25) is 0 Å². The molecule has 6 heteroatoms. The van der Waals surface area contributed by atoms with Gasteiger partial charge in [-0.1, -0.05) is 29.8 Å². The van der Waals surface area contributed by atoms with Crippen molar-refractivity contribution >= 4 is 22.5 Å². The van der Waals surface area contributed by atoms with Crippen LogP contribution < -0.4 is 5.56 Å². The van der Waals surface area contributed by atoms with E-state index in [4.69, 9.17) is 11.6 Å². The number of rotatable bonds is 1. The SMILES string of the molecule is O=c1c2c[nH]c3c(Cl)nccc3c-2nn1-c1ccccc1. The molecule has 0 amide bonds. The molecule has 0 bridgehead atoms. The Hall–Kier alpha value is -2.66. The Morgan fingerprint density at radius 3 is 2.76 bits per heavy atom. The van der Waals surface area contributed by atoms with Crippen molar-refractivity contribution in [3.63, 3.8) is 0 Å². The second-order valence-corrected chi connectivity index (χ2v) is 4.99. The van der Waals surface area contributed by atoms with Crippen molar-refractivity contribution in [3.8, 4) is 16.9 Å². The highest BCUT2D eigenvalue weighted by Gasteiger charge is 2.19. The molecule has 0 saturated carbocycles. The summed E-state index contributed by atoms with van der Waals surface area (Å²) < 4.78 is 1.40. The maximum atomic E-state index is 12.5. The molecule has 0 atom stereocenters. The monoisotopic (exact) mass is 296 g/mol. The van der Waals surface area contributed by atoms with Gasteiger partial charge in [-0.05, 0) is 18.2 Å². The summed E-state index contributed by atoms with van der Waals surface area (Å²) in [5.74, 6) is 0. The highest BCUT2D eigenvalue weighted by Crippen LogP contribution is 2.28. The number of aromatic amines is 1. The zero-order chi connectivity index (χ0) is 14.4. The molecule has 0 saturated heterocycles. The average Bonchev–Trinajstić information content (AvgIpc) is 2.86. The smallest absolute Gasteiger partial charge is 0.282 e. The van der Waals surface area contributed by atoms with Crippen LogP contribution in [0.5, 0.6) is 0 Å². The molecule has 0 fully saturated rings. The quantitative estimate of drug-likeness (QED) is 0.549. The topological polar surface area (TPSA) is 63.6 Å². The molecule has 2 aromatic rings. The van der Waals surface area contributed by atoms with Crippen molar-refractivity contribution in [2.45, 2.75) is 0 Å². The average molecular weight is 297 g/mol. The number of H-pyrrole nitrogens is 1. The number of hydrogen-bond acceptors (Lipinski definition) is 3. The second kappa shape index (κ2) is 4.43. The lowest BCUT2D eigenvalue weighted by Gasteiger charge is -2.02. The highest BCUT2D eigenvalue weighted by molar-refractivity contribution is 6.34. The van der Waals surface area contributed by atoms with Crippen LogP contribution in [0.3, 0.4) is 0 Å². The van der Waals surface area contributed by atoms with Crippen molar-refractivity contribution in [1.82, 2.24) is 19.7 Å². The van der Waals surface area contributed by atoms with Gasteiger partial charge in [0.15, 0.2) is 5.15 Å². The first-order chi connectivity index (χ1) is 10.3. The third kappa shape index (κ3) is 1.75. The summed E-state index contributed by atoms with van der Waals surface area (Å²) in [6.45, 7) is 0. The van der Waals surface area contributed by atoms with E-state index in [0.717, 1.165) is 11.1 Å². The van der Waals surface area contributed by atoms with E-state index in [9.17, 15) is 4.79 Å². The largest absolute Gasteiger partial charge is 0.358 e. The third-order valence-electron chi connectivity index (χ3n) is 3.40. The van der Waals surface area contributed by atoms with Gasteiger partial charge in [0, 0.05) is 17.8 Å². The van der Waals surface area contributed by atoms with Gasteiger partial charge in [0.25, 0.3) is 5.56 Å². The minimum absolute atomic E-state index is 0.165.